The van der Waals surface area contributed by atoms with Crippen molar-refractivity contribution >= 4 is 0 Å². The molecule has 1 heterocycles. The van der Waals surface area contributed by atoms with Crippen LogP contribution in [0.4, 0.5) is 0 Å². The Morgan fingerprint density at radius 1 is 1.33 bits per heavy atom. The molecule has 0 aromatic heterocycles. The average molecular weight is 213 g/mol. The summed E-state index contributed by atoms with van der Waals surface area (Å²) >= 11 is 0. The van der Waals surface area contributed by atoms with Crippen molar-refractivity contribution in [1.82, 2.24) is 5.32 Å². The summed E-state index contributed by atoms with van der Waals surface area (Å²) in [5, 5.41) is 3.61. The molecular formula is C13H27NO. The quantitative estimate of drug-likeness (QED) is 0.732. The predicted molar refractivity (Wildman–Crippen MR) is 65.1 cm³/mol. The number of hydrogen-bond acceptors (Lipinski definition) is 2. The highest BCUT2D eigenvalue weighted by molar-refractivity contribution is 4.80. The first-order chi connectivity index (χ1) is 7.31. The minimum Gasteiger partial charge on any atom is -0.378 e. The topological polar surface area (TPSA) is 21.3 Å². The molecule has 1 aliphatic rings. The van der Waals surface area contributed by atoms with E-state index in [4.69, 9.17) is 4.74 Å². The van der Waals surface area contributed by atoms with Crippen molar-refractivity contribution in [2.24, 2.45) is 5.92 Å². The van der Waals surface area contributed by atoms with Crippen LogP contribution in [0.2, 0.25) is 0 Å². The van der Waals surface area contributed by atoms with Crippen LogP contribution in [0.3, 0.4) is 0 Å². The number of ether oxygens (including phenoxy) is 1. The highest BCUT2D eigenvalue weighted by Gasteiger charge is 2.26. The third kappa shape index (κ3) is 4.12. The van der Waals surface area contributed by atoms with Gasteiger partial charge in [-0.25, -0.2) is 0 Å². The van der Waals surface area contributed by atoms with Gasteiger partial charge in [0, 0.05) is 12.6 Å². The van der Waals surface area contributed by atoms with Gasteiger partial charge in [-0.2, -0.15) is 0 Å². The molecule has 2 nitrogen and oxygen atoms in total. The van der Waals surface area contributed by atoms with Crippen molar-refractivity contribution in [1.29, 1.82) is 0 Å². The highest BCUT2D eigenvalue weighted by Crippen LogP contribution is 2.26. The number of nitrogens with one attached hydrogen (secondary N) is 1. The summed E-state index contributed by atoms with van der Waals surface area (Å²) in [7, 11) is 0. The minimum absolute atomic E-state index is 0.529. The summed E-state index contributed by atoms with van der Waals surface area (Å²) in [6, 6.07) is 0.707. The van der Waals surface area contributed by atoms with Crippen LogP contribution in [0.25, 0.3) is 0 Å². The first kappa shape index (κ1) is 13.0. The molecular weight excluding hydrogens is 186 g/mol. The van der Waals surface area contributed by atoms with E-state index in [0.29, 0.717) is 12.1 Å². The van der Waals surface area contributed by atoms with Gasteiger partial charge < -0.3 is 10.1 Å². The molecule has 15 heavy (non-hydrogen) atoms. The maximum Gasteiger partial charge on any atom is 0.0578 e. The second-order valence-electron chi connectivity index (χ2n) is 4.64. The molecule has 1 N–H and O–H groups in total. The highest BCUT2D eigenvalue weighted by atomic mass is 16.5. The first-order valence-electron chi connectivity index (χ1n) is 6.66. The Balaban J connectivity index is 2.39. The maximum atomic E-state index is 5.79. The average Bonchev–Trinajstić information content (AvgIpc) is 2.27. The molecule has 90 valence electrons. The summed E-state index contributed by atoms with van der Waals surface area (Å²) in [6.07, 6.45) is 6.76. The Bertz CT molecular complexity index is 159. The van der Waals surface area contributed by atoms with Gasteiger partial charge in [0.1, 0.15) is 0 Å². The molecule has 0 amide bonds. The van der Waals surface area contributed by atoms with Gasteiger partial charge in [0.2, 0.25) is 0 Å². The largest absolute Gasteiger partial charge is 0.378 e. The molecule has 0 aromatic rings. The van der Waals surface area contributed by atoms with Crippen LogP contribution in [0.1, 0.15) is 52.9 Å². The van der Waals surface area contributed by atoms with E-state index >= 15 is 0 Å². The van der Waals surface area contributed by atoms with E-state index in [1.807, 2.05) is 0 Å². The summed E-state index contributed by atoms with van der Waals surface area (Å²) in [5.74, 6) is 0.834. The van der Waals surface area contributed by atoms with E-state index in [0.717, 1.165) is 19.1 Å². The molecule has 0 spiro atoms. The zero-order valence-corrected chi connectivity index (χ0v) is 10.6. The summed E-state index contributed by atoms with van der Waals surface area (Å²) in [4.78, 5) is 0. The lowest BCUT2D eigenvalue weighted by molar-refractivity contribution is -0.0216. The summed E-state index contributed by atoms with van der Waals surface area (Å²) in [5.41, 5.74) is 0. The van der Waals surface area contributed by atoms with E-state index in [-0.39, 0.29) is 0 Å². The molecule has 0 aromatic carbocycles. The molecule has 1 rings (SSSR count). The van der Waals surface area contributed by atoms with Crippen molar-refractivity contribution in [2.45, 2.75) is 65.0 Å². The molecule has 0 bridgehead atoms. The van der Waals surface area contributed by atoms with E-state index in [9.17, 15) is 0 Å². The van der Waals surface area contributed by atoms with Crippen molar-refractivity contribution in [2.75, 3.05) is 13.2 Å². The molecule has 3 atom stereocenters. The van der Waals surface area contributed by atoms with Crippen LogP contribution in [-0.4, -0.2) is 25.3 Å². The van der Waals surface area contributed by atoms with Gasteiger partial charge in [-0.3, -0.25) is 0 Å². The number of hydrogen-bond donors (Lipinski definition) is 1. The fourth-order valence-electron chi connectivity index (χ4n) is 2.70. The van der Waals surface area contributed by atoms with Crippen molar-refractivity contribution < 1.29 is 4.74 Å². The monoisotopic (exact) mass is 213 g/mol. The maximum absolute atomic E-state index is 5.79. The Morgan fingerprint density at radius 3 is 2.73 bits per heavy atom. The fourth-order valence-corrected chi connectivity index (χ4v) is 2.70. The molecule has 3 unspecified atom stereocenters. The van der Waals surface area contributed by atoms with Crippen LogP contribution in [0.15, 0.2) is 0 Å². The summed E-state index contributed by atoms with van der Waals surface area (Å²) in [6.45, 7) is 8.79. The van der Waals surface area contributed by atoms with Crippen LogP contribution in [0, 0.1) is 5.92 Å². The Kier molecular flexibility index (Phi) is 6.26. The lowest BCUT2D eigenvalue weighted by Crippen LogP contribution is -2.40. The lowest BCUT2D eigenvalue weighted by atomic mass is 9.86. The molecule has 0 saturated carbocycles. The molecule has 2 heteroatoms. The van der Waals surface area contributed by atoms with Crippen LogP contribution < -0.4 is 5.32 Å². The molecule has 1 fully saturated rings. The predicted octanol–water partition coefficient (Wildman–Crippen LogP) is 2.97. The van der Waals surface area contributed by atoms with Gasteiger partial charge >= 0.3 is 0 Å². The molecule has 0 radical (unpaired) electrons. The lowest BCUT2D eigenvalue weighted by Gasteiger charge is -2.34. The fraction of sp³-hybridized carbons (Fsp3) is 1.00. The van der Waals surface area contributed by atoms with E-state index in [1.165, 1.54) is 32.1 Å². The normalized spacial score (nSPS) is 29.0. The third-order valence-corrected chi connectivity index (χ3v) is 3.49. The smallest absolute Gasteiger partial charge is 0.0578 e. The first-order valence-corrected chi connectivity index (χ1v) is 6.66. The molecule has 1 aliphatic heterocycles. The second kappa shape index (κ2) is 7.24. The van der Waals surface area contributed by atoms with Crippen molar-refractivity contribution in [3.05, 3.63) is 0 Å². The standard InChI is InChI=1S/C13H27NO/c1-4-7-12-10-11(8-9-15-12)13(5-2)14-6-3/h11-14H,4-10H2,1-3H3. The van der Waals surface area contributed by atoms with Crippen LogP contribution >= 0.6 is 0 Å². The van der Waals surface area contributed by atoms with Gasteiger partial charge in [0.25, 0.3) is 0 Å². The van der Waals surface area contributed by atoms with Crippen LogP contribution in [0.5, 0.6) is 0 Å². The van der Waals surface area contributed by atoms with E-state index in [2.05, 4.69) is 26.1 Å². The third-order valence-electron chi connectivity index (χ3n) is 3.49. The second-order valence-corrected chi connectivity index (χ2v) is 4.64. The Labute approximate surface area is 94.8 Å². The molecule has 0 aliphatic carbocycles. The zero-order valence-electron chi connectivity index (χ0n) is 10.6. The van der Waals surface area contributed by atoms with E-state index < -0.39 is 0 Å². The van der Waals surface area contributed by atoms with Crippen molar-refractivity contribution in [3.63, 3.8) is 0 Å². The minimum atomic E-state index is 0.529. The summed E-state index contributed by atoms with van der Waals surface area (Å²) < 4.78 is 5.79. The number of rotatable bonds is 6. The Morgan fingerprint density at radius 2 is 2.13 bits per heavy atom. The zero-order chi connectivity index (χ0) is 11.1. The van der Waals surface area contributed by atoms with Crippen LogP contribution in [-0.2, 0) is 4.74 Å². The van der Waals surface area contributed by atoms with Gasteiger partial charge in [-0.15, -0.1) is 0 Å². The van der Waals surface area contributed by atoms with Crippen molar-refractivity contribution in [3.8, 4) is 0 Å². The molecule has 1 saturated heterocycles. The van der Waals surface area contributed by atoms with Gasteiger partial charge in [-0.1, -0.05) is 27.2 Å². The van der Waals surface area contributed by atoms with Gasteiger partial charge in [-0.05, 0) is 38.1 Å². The van der Waals surface area contributed by atoms with E-state index in [1.54, 1.807) is 0 Å². The SMILES string of the molecule is CCCC1CC(C(CC)NCC)CCO1. The van der Waals surface area contributed by atoms with Gasteiger partial charge in [0.15, 0.2) is 0 Å². The Hall–Kier alpha value is -0.0800. The van der Waals surface area contributed by atoms with Gasteiger partial charge in [0.05, 0.1) is 6.10 Å².